The zero-order chi connectivity index (χ0) is 22.4. The second-order valence-electron chi connectivity index (χ2n) is 8.88. The van der Waals surface area contributed by atoms with Crippen LogP contribution in [-0.4, -0.2) is 21.8 Å². The van der Waals surface area contributed by atoms with Crippen molar-refractivity contribution in [2.75, 3.05) is 0 Å². The summed E-state index contributed by atoms with van der Waals surface area (Å²) in [6, 6.07) is 34.8. The van der Waals surface area contributed by atoms with Crippen molar-refractivity contribution in [2.24, 2.45) is 0 Å². The Morgan fingerprint density at radius 3 is 1.91 bits per heavy atom. The van der Waals surface area contributed by atoms with Crippen molar-refractivity contribution in [1.29, 1.82) is 0 Å². The van der Waals surface area contributed by atoms with Crippen molar-refractivity contribution < 1.29 is 9.59 Å². The van der Waals surface area contributed by atoms with Crippen LogP contribution in [0.25, 0.3) is 10.8 Å². The fourth-order valence-corrected chi connectivity index (χ4v) is 5.49. The maximum atomic E-state index is 13.4. The smallest absolute Gasteiger partial charge is 0.245 e. The molecule has 0 bridgehead atoms. The standard InChI is InChI=1S/C29H24N2O2/c32-27-18-25(24-16-15-20-9-7-8-14-23(20)17-24)29(22-12-5-2-6-13-22)30-26(19-28(33)31(27)30)21-10-3-1-4-11-21/h1-17,25-26,29H,18-19H2/t25-,26+,29+/m0/s1. The number of hydrazine groups is 1. The second kappa shape index (κ2) is 7.98. The molecule has 4 aromatic rings. The van der Waals surface area contributed by atoms with Gasteiger partial charge in [0, 0.05) is 12.3 Å². The van der Waals surface area contributed by atoms with Crippen LogP contribution in [0, 0.1) is 0 Å². The zero-order valence-corrected chi connectivity index (χ0v) is 18.2. The zero-order valence-electron chi connectivity index (χ0n) is 18.2. The van der Waals surface area contributed by atoms with E-state index in [9.17, 15) is 9.59 Å². The molecule has 0 spiro atoms. The number of fused-ring (bicyclic) bond motifs is 2. The van der Waals surface area contributed by atoms with Gasteiger partial charge in [0.15, 0.2) is 0 Å². The first kappa shape index (κ1) is 19.9. The van der Waals surface area contributed by atoms with E-state index < -0.39 is 0 Å². The van der Waals surface area contributed by atoms with Gasteiger partial charge in [0.25, 0.3) is 0 Å². The number of hydrogen-bond acceptors (Lipinski definition) is 3. The van der Waals surface area contributed by atoms with E-state index in [4.69, 9.17) is 0 Å². The Bertz CT molecular complexity index is 1340. The van der Waals surface area contributed by atoms with Crippen molar-refractivity contribution in [3.05, 3.63) is 120 Å². The number of nitrogens with zero attached hydrogens (tertiary/aromatic N) is 2. The molecule has 0 saturated carbocycles. The van der Waals surface area contributed by atoms with E-state index in [2.05, 4.69) is 47.5 Å². The molecule has 33 heavy (non-hydrogen) atoms. The number of carbonyl (C=O) groups is 2. The Kier molecular flexibility index (Phi) is 4.81. The molecule has 3 atom stereocenters. The minimum Gasteiger partial charge on any atom is -0.273 e. The average Bonchev–Trinajstić information content (AvgIpc) is 3.22. The summed E-state index contributed by atoms with van der Waals surface area (Å²) in [5.41, 5.74) is 3.30. The maximum absolute atomic E-state index is 13.4. The summed E-state index contributed by atoms with van der Waals surface area (Å²) < 4.78 is 0. The van der Waals surface area contributed by atoms with Gasteiger partial charge in [-0.25, -0.2) is 5.01 Å². The van der Waals surface area contributed by atoms with Gasteiger partial charge in [0.1, 0.15) is 0 Å². The second-order valence-corrected chi connectivity index (χ2v) is 8.88. The van der Waals surface area contributed by atoms with Gasteiger partial charge < -0.3 is 0 Å². The normalized spacial score (nSPS) is 23.2. The minimum atomic E-state index is -0.170. The lowest BCUT2D eigenvalue weighted by molar-refractivity contribution is -0.170. The van der Waals surface area contributed by atoms with Crippen LogP contribution in [0.2, 0.25) is 0 Å². The molecule has 0 N–H and O–H groups in total. The fraction of sp³-hybridized carbons (Fsp3) is 0.172. The lowest BCUT2D eigenvalue weighted by Crippen LogP contribution is -2.52. The van der Waals surface area contributed by atoms with Crippen LogP contribution >= 0.6 is 0 Å². The molecule has 0 aliphatic carbocycles. The first-order valence-electron chi connectivity index (χ1n) is 11.4. The van der Waals surface area contributed by atoms with E-state index in [-0.39, 0.29) is 29.8 Å². The van der Waals surface area contributed by atoms with Gasteiger partial charge in [-0.15, -0.1) is 0 Å². The molecular weight excluding hydrogens is 408 g/mol. The van der Waals surface area contributed by atoms with E-state index in [1.54, 1.807) is 0 Å². The molecule has 2 fully saturated rings. The first-order chi connectivity index (χ1) is 16.2. The van der Waals surface area contributed by atoms with Crippen molar-refractivity contribution >= 4 is 22.6 Å². The summed E-state index contributed by atoms with van der Waals surface area (Å²) in [6.45, 7) is 0. The molecule has 0 unspecified atom stereocenters. The van der Waals surface area contributed by atoms with E-state index in [0.29, 0.717) is 12.8 Å². The Morgan fingerprint density at radius 2 is 1.18 bits per heavy atom. The van der Waals surface area contributed by atoms with E-state index >= 15 is 0 Å². The van der Waals surface area contributed by atoms with Gasteiger partial charge in [-0.3, -0.25) is 9.59 Å². The van der Waals surface area contributed by atoms with Crippen molar-refractivity contribution in [3.8, 4) is 0 Å². The van der Waals surface area contributed by atoms with Gasteiger partial charge in [-0.1, -0.05) is 103 Å². The number of rotatable bonds is 3. The lowest BCUT2D eigenvalue weighted by Gasteiger charge is -2.46. The highest BCUT2D eigenvalue weighted by Gasteiger charge is 2.52. The molecular formula is C29H24N2O2. The van der Waals surface area contributed by atoms with E-state index in [0.717, 1.165) is 22.1 Å². The summed E-state index contributed by atoms with van der Waals surface area (Å²) in [5, 5.41) is 5.82. The molecule has 2 aliphatic rings. The van der Waals surface area contributed by atoms with Crippen molar-refractivity contribution in [3.63, 3.8) is 0 Å². The Hall–Kier alpha value is -3.76. The Labute approximate surface area is 193 Å². The predicted molar refractivity (Wildman–Crippen MR) is 128 cm³/mol. The summed E-state index contributed by atoms with van der Waals surface area (Å²) in [7, 11) is 0. The average molecular weight is 433 g/mol. The van der Waals surface area contributed by atoms with Gasteiger partial charge in [0.2, 0.25) is 11.8 Å². The van der Waals surface area contributed by atoms with E-state index in [1.165, 1.54) is 10.4 Å². The maximum Gasteiger partial charge on any atom is 0.245 e. The number of imide groups is 1. The van der Waals surface area contributed by atoms with Gasteiger partial charge in [-0.2, -0.15) is 5.01 Å². The molecule has 2 heterocycles. The summed E-state index contributed by atoms with van der Waals surface area (Å²) >= 11 is 0. The Morgan fingerprint density at radius 1 is 0.576 bits per heavy atom. The highest BCUT2D eigenvalue weighted by Crippen LogP contribution is 2.50. The van der Waals surface area contributed by atoms with Gasteiger partial charge in [-0.05, 0) is 27.5 Å². The predicted octanol–water partition coefficient (Wildman–Crippen LogP) is 5.79. The SMILES string of the molecule is O=C1C[C@H](c2ccccc2)N2[C@H](c3ccccc3)[C@H](c3ccc4ccccc4c3)CC(=O)N12. The number of amides is 2. The van der Waals surface area contributed by atoms with Crippen LogP contribution in [0.3, 0.4) is 0 Å². The quantitative estimate of drug-likeness (QED) is 0.385. The molecule has 0 radical (unpaired) electrons. The molecule has 6 rings (SSSR count). The summed E-state index contributed by atoms with van der Waals surface area (Å²) in [4.78, 5) is 26.4. The molecule has 4 heteroatoms. The fourth-order valence-electron chi connectivity index (χ4n) is 5.49. The highest BCUT2D eigenvalue weighted by molar-refractivity contribution is 5.97. The first-order valence-corrected chi connectivity index (χ1v) is 11.4. The minimum absolute atomic E-state index is 0.0575. The van der Waals surface area contributed by atoms with Crippen molar-refractivity contribution in [1.82, 2.24) is 10.0 Å². The Balaban J connectivity index is 1.52. The van der Waals surface area contributed by atoms with Gasteiger partial charge in [0.05, 0.1) is 18.5 Å². The van der Waals surface area contributed by atoms with Crippen LogP contribution in [0.4, 0.5) is 0 Å². The third-order valence-electron chi connectivity index (χ3n) is 6.98. The van der Waals surface area contributed by atoms with Crippen LogP contribution < -0.4 is 0 Å². The topological polar surface area (TPSA) is 40.6 Å². The molecule has 4 nitrogen and oxygen atoms in total. The van der Waals surface area contributed by atoms with Crippen LogP contribution in [-0.2, 0) is 9.59 Å². The number of benzene rings is 4. The van der Waals surface area contributed by atoms with Crippen LogP contribution in [0.1, 0.15) is 47.5 Å². The van der Waals surface area contributed by atoms with Crippen LogP contribution in [0.5, 0.6) is 0 Å². The van der Waals surface area contributed by atoms with Crippen LogP contribution in [0.15, 0.2) is 103 Å². The molecule has 2 aliphatic heterocycles. The molecule has 2 saturated heterocycles. The van der Waals surface area contributed by atoms with Gasteiger partial charge >= 0.3 is 0 Å². The van der Waals surface area contributed by atoms with Crippen molar-refractivity contribution in [2.45, 2.75) is 30.8 Å². The lowest BCUT2D eigenvalue weighted by atomic mass is 9.81. The number of hydrogen-bond donors (Lipinski definition) is 0. The monoisotopic (exact) mass is 432 g/mol. The largest absolute Gasteiger partial charge is 0.273 e. The molecule has 4 aromatic carbocycles. The third-order valence-corrected chi connectivity index (χ3v) is 6.98. The molecule has 162 valence electrons. The number of carbonyl (C=O) groups excluding carboxylic acids is 2. The summed E-state index contributed by atoms with van der Waals surface area (Å²) in [5.74, 6) is -0.298. The third kappa shape index (κ3) is 3.35. The highest BCUT2D eigenvalue weighted by atomic mass is 16.2. The molecule has 0 aromatic heterocycles. The van der Waals surface area contributed by atoms with E-state index in [1.807, 2.05) is 60.7 Å². The molecule has 2 amide bonds. The summed E-state index contributed by atoms with van der Waals surface area (Å²) in [6.07, 6.45) is 0.616.